The molecule has 4 nitrogen and oxygen atoms in total. The van der Waals surface area contributed by atoms with Crippen LogP contribution in [0.15, 0.2) is 12.1 Å². The minimum Gasteiger partial charge on any atom is -0.488 e. The van der Waals surface area contributed by atoms with E-state index in [1.165, 1.54) is 7.11 Å². The summed E-state index contributed by atoms with van der Waals surface area (Å²) in [6.07, 6.45) is 0.418. The molecule has 0 aromatic heterocycles. The fourth-order valence-electron chi connectivity index (χ4n) is 1.33. The van der Waals surface area contributed by atoms with Crippen LogP contribution in [0.25, 0.3) is 0 Å². The van der Waals surface area contributed by atoms with E-state index in [9.17, 15) is 13.6 Å². The van der Waals surface area contributed by atoms with E-state index in [-0.39, 0.29) is 18.6 Å². The summed E-state index contributed by atoms with van der Waals surface area (Å²) in [6, 6.07) is 2.00. The smallest absolute Gasteiger partial charge is 0.305 e. The van der Waals surface area contributed by atoms with E-state index in [0.717, 1.165) is 12.1 Å². The Kier molecular flexibility index (Phi) is 5.51. The van der Waals surface area contributed by atoms with Crippen LogP contribution in [0.4, 0.5) is 8.78 Å². The van der Waals surface area contributed by atoms with Gasteiger partial charge in [-0.05, 0) is 24.1 Å². The second-order valence-electron chi connectivity index (χ2n) is 3.57. The van der Waals surface area contributed by atoms with Crippen molar-refractivity contribution >= 4 is 5.97 Å². The Bertz CT molecular complexity index is 398. The third-order valence-corrected chi connectivity index (χ3v) is 2.24. The van der Waals surface area contributed by atoms with Crippen molar-refractivity contribution in [1.82, 2.24) is 0 Å². The number of methoxy groups -OCH3 is 1. The molecule has 6 heteroatoms. The molecule has 0 bridgehead atoms. The highest BCUT2D eigenvalue weighted by Gasteiger charge is 2.12. The van der Waals surface area contributed by atoms with Gasteiger partial charge in [0.05, 0.1) is 20.3 Å². The zero-order valence-electron chi connectivity index (χ0n) is 9.91. The number of carbonyl (C=O) groups excluding carboxylic acids is 1. The Balaban J connectivity index is 2.54. The van der Waals surface area contributed by atoms with Gasteiger partial charge in [0, 0.05) is 6.42 Å². The summed E-state index contributed by atoms with van der Waals surface area (Å²) in [5.74, 6) is -2.67. The molecule has 0 amide bonds. The van der Waals surface area contributed by atoms with Gasteiger partial charge < -0.3 is 14.6 Å². The Hall–Kier alpha value is -1.69. The Morgan fingerprint density at radius 3 is 2.44 bits per heavy atom. The number of hydrogen-bond donors (Lipinski definition) is 1. The van der Waals surface area contributed by atoms with Crippen LogP contribution < -0.4 is 4.74 Å². The molecule has 1 aromatic rings. The zero-order chi connectivity index (χ0) is 13.5. The van der Waals surface area contributed by atoms with Gasteiger partial charge in [0.15, 0.2) is 17.4 Å². The molecule has 0 heterocycles. The Morgan fingerprint density at radius 1 is 1.33 bits per heavy atom. The summed E-state index contributed by atoms with van der Waals surface area (Å²) in [7, 11) is 1.26. The largest absolute Gasteiger partial charge is 0.488 e. The fourth-order valence-corrected chi connectivity index (χ4v) is 1.33. The van der Waals surface area contributed by atoms with E-state index in [4.69, 9.17) is 9.84 Å². The highest BCUT2D eigenvalue weighted by atomic mass is 19.1. The SMILES string of the molecule is COC(=O)CCCOc1c(F)cc(CO)cc1F. The van der Waals surface area contributed by atoms with Crippen LogP contribution in [0.5, 0.6) is 5.75 Å². The second kappa shape index (κ2) is 6.90. The average molecular weight is 260 g/mol. The molecule has 0 radical (unpaired) electrons. The molecular formula is C12H14F2O4. The van der Waals surface area contributed by atoms with E-state index in [2.05, 4.69) is 4.74 Å². The van der Waals surface area contributed by atoms with Crippen molar-refractivity contribution in [3.05, 3.63) is 29.3 Å². The number of rotatable bonds is 6. The maximum atomic E-state index is 13.4. The predicted octanol–water partition coefficient (Wildman–Crippen LogP) is 1.79. The molecule has 1 rings (SSSR count). The Labute approximate surface area is 103 Å². The standard InChI is InChI=1S/C12H14F2O4/c1-17-11(16)3-2-4-18-12-9(13)5-8(7-15)6-10(12)14/h5-6,15H,2-4,7H2,1H3. The van der Waals surface area contributed by atoms with E-state index >= 15 is 0 Å². The molecule has 0 atom stereocenters. The first kappa shape index (κ1) is 14.4. The van der Waals surface area contributed by atoms with Gasteiger partial charge in [-0.2, -0.15) is 0 Å². The molecule has 0 saturated heterocycles. The first-order valence-electron chi connectivity index (χ1n) is 5.37. The van der Waals surface area contributed by atoms with Crippen LogP contribution in [-0.4, -0.2) is 24.8 Å². The number of esters is 1. The van der Waals surface area contributed by atoms with Crippen molar-refractivity contribution < 1.29 is 28.2 Å². The van der Waals surface area contributed by atoms with Crippen molar-refractivity contribution in [3.63, 3.8) is 0 Å². The van der Waals surface area contributed by atoms with E-state index in [1.807, 2.05) is 0 Å². The van der Waals surface area contributed by atoms with Gasteiger partial charge in [-0.3, -0.25) is 4.79 Å². The van der Waals surface area contributed by atoms with Crippen molar-refractivity contribution in [2.75, 3.05) is 13.7 Å². The van der Waals surface area contributed by atoms with Crippen LogP contribution >= 0.6 is 0 Å². The topological polar surface area (TPSA) is 55.8 Å². The van der Waals surface area contributed by atoms with Crippen molar-refractivity contribution in [2.45, 2.75) is 19.4 Å². The normalized spacial score (nSPS) is 10.2. The van der Waals surface area contributed by atoms with Crippen LogP contribution in [0.3, 0.4) is 0 Å². The Morgan fingerprint density at radius 2 is 1.94 bits per heavy atom. The molecule has 1 N–H and O–H groups in total. The third kappa shape index (κ3) is 3.96. The molecule has 0 spiro atoms. The van der Waals surface area contributed by atoms with Gasteiger partial charge >= 0.3 is 5.97 Å². The van der Waals surface area contributed by atoms with E-state index in [0.29, 0.717) is 6.42 Å². The molecule has 1 aromatic carbocycles. The third-order valence-electron chi connectivity index (χ3n) is 2.24. The highest BCUT2D eigenvalue weighted by molar-refractivity contribution is 5.69. The van der Waals surface area contributed by atoms with Gasteiger partial charge in [0.2, 0.25) is 0 Å². The number of aliphatic hydroxyl groups excluding tert-OH is 1. The molecule has 0 aliphatic carbocycles. The lowest BCUT2D eigenvalue weighted by Gasteiger charge is -2.09. The summed E-state index contributed by atoms with van der Waals surface area (Å²) < 4.78 is 36.1. The molecule has 0 aliphatic heterocycles. The van der Waals surface area contributed by atoms with Gasteiger partial charge in [-0.15, -0.1) is 0 Å². The lowest BCUT2D eigenvalue weighted by Crippen LogP contribution is -2.06. The molecule has 0 saturated carbocycles. The molecule has 18 heavy (non-hydrogen) atoms. The average Bonchev–Trinajstić information content (AvgIpc) is 2.36. The molecule has 100 valence electrons. The minimum absolute atomic E-state index is 0.00140. The van der Waals surface area contributed by atoms with E-state index in [1.54, 1.807) is 0 Å². The van der Waals surface area contributed by atoms with Crippen LogP contribution in [0.1, 0.15) is 18.4 Å². The first-order valence-corrected chi connectivity index (χ1v) is 5.37. The van der Waals surface area contributed by atoms with Gasteiger partial charge in [0.1, 0.15) is 0 Å². The summed E-state index contributed by atoms with van der Waals surface area (Å²) in [5.41, 5.74) is 0.131. The summed E-state index contributed by atoms with van der Waals surface area (Å²) >= 11 is 0. The molecule has 0 unspecified atom stereocenters. The molecular weight excluding hydrogens is 246 g/mol. The molecule has 0 aliphatic rings. The van der Waals surface area contributed by atoms with Crippen molar-refractivity contribution in [3.8, 4) is 5.75 Å². The summed E-state index contributed by atoms with van der Waals surface area (Å²) in [6.45, 7) is -0.447. The number of carbonyl (C=O) groups is 1. The monoisotopic (exact) mass is 260 g/mol. The summed E-state index contributed by atoms with van der Waals surface area (Å²) in [5, 5.41) is 8.75. The van der Waals surface area contributed by atoms with Crippen molar-refractivity contribution in [1.29, 1.82) is 0 Å². The van der Waals surface area contributed by atoms with Crippen LogP contribution in [0.2, 0.25) is 0 Å². The number of halogens is 2. The van der Waals surface area contributed by atoms with Gasteiger partial charge in [0.25, 0.3) is 0 Å². The first-order chi connectivity index (χ1) is 8.58. The lowest BCUT2D eigenvalue weighted by molar-refractivity contribution is -0.140. The van der Waals surface area contributed by atoms with Gasteiger partial charge in [-0.25, -0.2) is 8.78 Å². The number of aliphatic hydroxyl groups is 1. The maximum absolute atomic E-state index is 13.4. The van der Waals surface area contributed by atoms with E-state index < -0.39 is 30.0 Å². The van der Waals surface area contributed by atoms with Crippen LogP contribution in [-0.2, 0) is 16.1 Å². The molecule has 0 fully saturated rings. The van der Waals surface area contributed by atoms with Crippen molar-refractivity contribution in [2.24, 2.45) is 0 Å². The number of ether oxygens (including phenoxy) is 2. The zero-order valence-corrected chi connectivity index (χ0v) is 9.91. The lowest BCUT2D eigenvalue weighted by atomic mass is 10.2. The second-order valence-corrected chi connectivity index (χ2v) is 3.57. The maximum Gasteiger partial charge on any atom is 0.305 e. The number of benzene rings is 1. The highest BCUT2D eigenvalue weighted by Crippen LogP contribution is 2.23. The predicted molar refractivity (Wildman–Crippen MR) is 59.0 cm³/mol. The fraction of sp³-hybridized carbons (Fsp3) is 0.417. The summed E-state index contributed by atoms with van der Waals surface area (Å²) in [4.78, 5) is 10.8. The van der Waals surface area contributed by atoms with Gasteiger partial charge in [-0.1, -0.05) is 0 Å². The minimum atomic E-state index is -0.878. The number of hydrogen-bond acceptors (Lipinski definition) is 4. The van der Waals surface area contributed by atoms with Crippen LogP contribution in [0, 0.1) is 11.6 Å². The quantitative estimate of drug-likeness (QED) is 0.626.